The fraction of sp³-hybridized carbons (Fsp3) is 0.500. The molecule has 2 aromatic rings. The lowest BCUT2D eigenvalue weighted by molar-refractivity contribution is 0.647. The first-order valence-electron chi connectivity index (χ1n) is 9.17. The minimum absolute atomic E-state index is 0.197. The van der Waals surface area contributed by atoms with Crippen LogP contribution in [-0.4, -0.2) is 44.0 Å². The van der Waals surface area contributed by atoms with E-state index in [4.69, 9.17) is 0 Å². The van der Waals surface area contributed by atoms with E-state index in [9.17, 15) is 4.21 Å². The van der Waals surface area contributed by atoms with Crippen molar-refractivity contribution >= 4 is 16.8 Å². The van der Waals surface area contributed by atoms with E-state index < -0.39 is 10.8 Å². The van der Waals surface area contributed by atoms with E-state index in [-0.39, 0.29) is 4.75 Å². The molecule has 0 fully saturated rings. The molecule has 1 heterocycles. The minimum atomic E-state index is -0.881. The Morgan fingerprint density at radius 1 is 1.22 bits per heavy atom. The average Bonchev–Trinajstić information content (AvgIpc) is 2.95. The number of para-hydroxylation sites is 1. The van der Waals surface area contributed by atoms with Crippen molar-refractivity contribution < 1.29 is 4.21 Å². The number of hydrogen-bond acceptors (Lipinski definition) is 3. The second-order valence-corrected chi connectivity index (χ2v) is 9.81. The highest BCUT2D eigenvalue weighted by molar-refractivity contribution is 7.86. The van der Waals surface area contributed by atoms with E-state index in [0.717, 1.165) is 22.6 Å². The maximum Gasteiger partial charge on any atom is 0.191 e. The van der Waals surface area contributed by atoms with Crippen molar-refractivity contribution in [3.63, 3.8) is 0 Å². The number of hydrogen-bond donors (Lipinski definition) is 2. The van der Waals surface area contributed by atoms with Crippen LogP contribution in [0.2, 0.25) is 0 Å². The topological polar surface area (TPSA) is 71.3 Å². The van der Waals surface area contributed by atoms with E-state index in [1.165, 1.54) is 0 Å². The zero-order valence-corrected chi connectivity index (χ0v) is 18.0. The van der Waals surface area contributed by atoms with Crippen molar-refractivity contribution in [1.29, 1.82) is 0 Å². The van der Waals surface area contributed by atoms with Gasteiger partial charge in [-0.05, 0) is 52.3 Å². The number of aliphatic imine (C=N–C) groups is 1. The lowest BCUT2D eigenvalue weighted by Gasteiger charge is -2.19. The van der Waals surface area contributed by atoms with Gasteiger partial charge in [-0.15, -0.1) is 0 Å². The molecule has 148 valence electrons. The Morgan fingerprint density at radius 2 is 1.93 bits per heavy atom. The van der Waals surface area contributed by atoms with E-state index in [1.807, 2.05) is 44.5 Å². The second kappa shape index (κ2) is 9.17. The number of aromatic nitrogens is 2. The Morgan fingerprint density at radius 3 is 2.52 bits per heavy atom. The SMILES string of the molecule is CN=C(NCCS(=O)C(C)(C)C)NCc1ccccc1-n1nc(C)cc1C. The molecule has 0 aliphatic rings. The van der Waals surface area contributed by atoms with Crippen molar-refractivity contribution in [2.75, 3.05) is 19.3 Å². The Labute approximate surface area is 164 Å². The van der Waals surface area contributed by atoms with Crippen molar-refractivity contribution in [2.24, 2.45) is 4.99 Å². The van der Waals surface area contributed by atoms with Gasteiger partial charge >= 0.3 is 0 Å². The third-order valence-electron chi connectivity index (χ3n) is 4.16. The molecule has 0 amide bonds. The van der Waals surface area contributed by atoms with Gasteiger partial charge in [-0.1, -0.05) is 18.2 Å². The summed E-state index contributed by atoms with van der Waals surface area (Å²) < 4.78 is 13.9. The van der Waals surface area contributed by atoms with E-state index >= 15 is 0 Å². The van der Waals surface area contributed by atoms with Crippen LogP contribution >= 0.6 is 0 Å². The maximum absolute atomic E-state index is 12.2. The third-order valence-corrected chi connectivity index (χ3v) is 6.10. The molecule has 0 radical (unpaired) electrons. The third kappa shape index (κ3) is 5.92. The van der Waals surface area contributed by atoms with Gasteiger partial charge in [0.15, 0.2) is 5.96 Å². The first-order valence-corrected chi connectivity index (χ1v) is 10.5. The summed E-state index contributed by atoms with van der Waals surface area (Å²) in [4.78, 5) is 4.26. The number of rotatable bonds is 6. The van der Waals surface area contributed by atoms with Crippen molar-refractivity contribution in [2.45, 2.75) is 45.9 Å². The molecular formula is C20H31N5OS. The molecule has 7 heteroatoms. The Kier molecular flexibility index (Phi) is 7.18. The molecule has 2 rings (SSSR count). The maximum atomic E-state index is 12.2. The van der Waals surface area contributed by atoms with Gasteiger partial charge in [0.05, 0.1) is 11.4 Å². The van der Waals surface area contributed by atoms with Gasteiger partial charge < -0.3 is 10.6 Å². The number of aryl methyl sites for hydroxylation is 2. The molecule has 27 heavy (non-hydrogen) atoms. The summed E-state index contributed by atoms with van der Waals surface area (Å²) in [5.41, 5.74) is 4.29. The largest absolute Gasteiger partial charge is 0.355 e. The van der Waals surface area contributed by atoms with Crippen LogP contribution in [-0.2, 0) is 17.3 Å². The van der Waals surface area contributed by atoms with Gasteiger partial charge in [-0.3, -0.25) is 9.20 Å². The lowest BCUT2D eigenvalue weighted by Crippen LogP contribution is -2.40. The molecule has 1 aromatic carbocycles. The van der Waals surface area contributed by atoms with Gasteiger partial charge in [0.25, 0.3) is 0 Å². The monoisotopic (exact) mass is 389 g/mol. The van der Waals surface area contributed by atoms with Crippen molar-refractivity contribution in [1.82, 2.24) is 20.4 Å². The molecule has 1 unspecified atom stereocenters. The molecular weight excluding hydrogens is 358 g/mol. The van der Waals surface area contributed by atoms with E-state index in [1.54, 1.807) is 7.05 Å². The van der Waals surface area contributed by atoms with Gasteiger partial charge in [0.2, 0.25) is 0 Å². The lowest BCUT2D eigenvalue weighted by atomic mass is 10.1. The summed E-state index contributed by atoms with van der Waals surface area (Å²) in [6, 6.07) is 10.3. The molecule has 0 spiro atoms. The van der Waals surface area contributed by atoms with Crippen molar-refractivity contribution in [3.05, 3.63) is 47.3 Å². The van der Waals surface area contributed by atoms with Gasteiger partial charge in [-0.2, -0.15) is 5.10 Å². The molecule has 6 nitrogen and oxygen atoms in total. The molecule has 0 aliphatic heterocycles. The quantitative estimate of drug-likeness (QED) is 0.589. The Balaban J connectivity index is 1.99. The molecule has 0 saturated carbocycles. The van der Waals surface area contributed by atoms with Crippen LogP contribution in [0.5, 0.6) is 0 Å². The van der Waals surface area contributed by atoms with Crippen LogP contribution in [0.3, 0.4) is 0 Å². The van der Waals surface area contributed by atoms with Gasteiger partial charge in [0.1, 0.15) is 0 Å². The first kappa shape index (κ1) is 21.2. The van der Waals surface area contributed by atoms with E-state index in [2.05, 4.69) is 45.8 Å². The summed E-state index contributed by atoms with van der Waals surface area (Å²) in [5.74, 6) is 1.29. The highest BCUT2D eigenvalue weighted by atomic mass is 32.2. The zero-order valence-electron chi connectivity index (χ0n) is 17.2. The number of nitrogens with one attached hydrogen (secondary N) is 2. The molecule has 1 atom stereocenters. The minimum Gasteiger partial charge on any atom is -0.355 e. The summed E-state index contributed by atoms with van der Waals surface area (Å²) in [6.07, 6.45) is 0. The highest BCUT2D eigenvalue weighted by Gasteiger charge is 2.18. The first-order chi connectivity index (χ1) is 12.7. The number of nitrogens with zero attached hydrogens (tertiary/aromatic N) is 3. The van der Waals surface area contributed by atoms with Crippen LogP contribution < -0.4 is 10.6 Å². The molecule has 0 bridgehead atoms. The summed E-state index contributed by atoms with van der Waals surface area (Å²) in [6.45, 7) is 11.3. The normalized spacial score (nSPS) is 13.5. The average molecular weight is 390 g/mol. The van der Waals surface area contributed by atoms with Crippen LogP contribution in [0.1, 0.15) is 37.7 Å². The predicted octanol–water partition coefficient (Wildman–Crippen LogP) is 2.70. The summed E-state index contributed by atoms with van der Waals surface area (Å²) in [5, 5.41) is 11.2. The fourth-order valence-electron chi connectivity index (χ4n) is 2.71. The standard InChI is InChI=1S/C20H31N5OS/c1-15-13-16(2)25(24-15)18-10-8-7-9-17(18)14-23-19(21-6)22-11-12-27(26)20(3,4)5/h7-10,13H,11-12,14H2,1-6H3,(H2,21,22,23). The van der Waals surface area contributed by atoms with Crippen LogP contribution in [0.15, 0.2) is 35.3 Å². The zero-order chi connectivity index (χ0) is 20.0. The molecule has 0 aliphatic carbocycles. The number of guanidine groups is 1. The van der Waals surface area contributed by atoms with Gasteiger partial charge in [0, 0.05) is 47.1 Å². The molecule has 2 N–H and O–H groups in total. The molecule has 0 saturated heterocycles. The van der Waals surface area contributed by atoms with Crippen LogP contribution in [0.4, 0.5) is 0 Å². The summed E-state index contributed by atoms with van der Waals surface area (Å²) >= 11 is 0. The summed E-state index contributed by atoms with van der Waals surface area (Å²) in [7, 11) is 0.858. The second-order valence-electron chi connectivity index (χ2n) is 7.48. The Bertz CT molecular complexity index is 820. The predicted molar refractivity (Wildman–Crippen MR) is 114 cm³/mol. The van der Waals surface area contributed by atoms with Crippen LogP contribution in [0.25, 0.3) is 5.69 Å². The number of benzene rings is 1. The Hall–Kier alpha value is -2.15. The highest BCUT2D eigenvalue weighted by Crippen LogP contribution is 2.17. The van der Waals surface area contributed by atoms with Crippen LogP contribution in [0, 0.1) is 13.8 Å². The van der Waals surface area contributed by atoms with Gasteiger partial charge in [-0.25, -0.2) is 4.68 Å². The van der Waals surface area contributed by atoms with Crippen molar-refractivity contribution in [3.8, 4) is 5.69 Å². The molecule has 1 aromatic heterocycles. The smallest absolute Gasteiger partial charge is 0.191 e. The van der Waals surface area contributed by atoms with E-state index in [0.29, 0.717) is 24.8 Å². The fourth-order valence-corrected chi connectivity index (χ4v) is 3.61.